The van der Waals surface area contributed by atoms with E-state index in [2.05, 4.69) is 12.2 Å². The van der Waals surface area contributed by atoms with E-state index in [9.17, 15) is 9.59 Å². The second kappa shape index (κ2) is 5.89. The van der Waals surface area contributed by atoms with E-state index < -0.39 is 12.0 Å². The van der Waals surface area contributed by atoms with Crippen LogP contribution in [0.25, 0.3) is 0 Å². The van der Waals surface area contributed by atoms with Gasteiger partial charge in [0.25, 0.3) is 0 Å². The number of carboxylic acid groups (broad SMARTS) is 1. The molecule has 2 N–H and O–H groups in total. The number of hydrogen-bond donors (Lipinski definition) is 2. The number of nitrogens with one attached hydrogen (secondary N) is 1. The van der Waals surface area contributed by atoms with Gasteiger partial charge < -0.3 is 15.3 Å². The molecule has 0 saturated carbocycles. The lowest BCUT2D eigenvalue weighted by atomic mass is 10.0. The van der Waals surface area contributed by atoms with Crippen molar-refractivity contribution in [2.75, 3.05) is 13.1 Å². The van der Waals surface area contributed by atoms with Crippen LogP contribution in [0.15, 0.2) is 0 Å². The van der Waals surface area contributed by atoms with Crippen LogP contribution in [0.2, 0.25) is 0 Å². The Hall–Kier alpha value is -1.26. The molecule has 2 amide bonds. The predicted octanol–water partition coefficient (Wildman–Crippen LogP) is 1.54. The molecular weight excluding hydrogens is 220 g/mol. The number of likely N-dealkylation sites (tertiary alicyclic amines) is 1. The predicted molar refractivity (Wildman–Crippen MR) is 64.8 cm³/mol. The molecule has 0 aliphatic carbocycles. The fourth-order valence-electron chi connectivity index (χ4n) is 2.05. The molecule has 17 heavy (non-hydrogen) atoms. The van der Waals surface area contributed by atoms with E-state index in [4.69, 9.17) is 5.11 Å². The maximum absolute atomic E-state index is 11.8. The molecule has 5 heteroatoms. The van der Waals surface area contributed by atoms with Crippen LogP contribution in [0, 0.1) is 11.8 Å². The van der Waals surface area contributed by atoms with Gasteiger partial charge in [-0.2, -0.15) is 0 Å². The first-order valence-electron chi connectivity index (χ1n) is 6.18. The van der Waals surface area contributed by atoms with Gasteiger partial charge in [0.15, 0.2) is 0 Å². The molecule has 1 aliphatic rings. The van der Waals surface area contributed by atoms with Gasteiger partial charge in [0.1, 0.15) is 6.04 Å². The molecule has 2 unspecified atom stereocenters. The van der Waals surface area contributed by atoms with Gasteiger partial charge in [-0.1, -0.05) is 20.8 Å². The fourth-order valence-corrected chi connectivity index (χ4v) is 2.05. The highest BCUT2D eigenvalue weighted by molar-refractivity contribution is 5.82. The summed E-state index contributed by atoms with van der Waals surface area (Å²) in [5.41, 5.74) is 0. The van der Waals surface area contributed by atoms with Crippen molar-refractivity contribution in [1.82, 2.24) is 10.2 Å². The van der Waals surface area contributed by atoms with E-state index in [0.717, 1.165) is 19.5 Å². The average Bonchev–Trinajstić information content (AvgIpc) is 2.63. The molecule has 1 heterocycles. The zero-order valence-corrected chi connectivity index (χ0v) is 10.8. The fraction of sp³-hybridized carbons (Fsp3) is 0.833. The minimum Gasteiger partial charge on any atom is -0.480 e. The summed E-state index contributed by atoms with van der Waals surface area (Å²) in [5.74, 6) is -0.206. The second-order valence-electron chi connectivity index (χ2n) is 5.31. The van der Waals surface area contributed by atoms with Crippen molar-refractivity contribution in [1.29, 1.82) is 0 Å². The number of carboxylic acids is 1. The van der Waals surface area contributed by atoms with Gasteiger partial charge in [-0.15, -0.1) is 0 Å². The van der Waals surface area contributed by atoms with Crippen LogP contribution in [-0.2, 0) is 4.79 Å². The number of urea groups is 1. The summed E-state index contributed by atoms with van der Waals surface area (Å²) in [6.07, 6.45) is 1.46. The Morgan fingerprint density at radius 1 is 1.47 bits per heavy atom. The number of hydrogen-bond acceptors (Lipinski definition) is 2. The minimum absolute atomic E-state index is 0.244. The van der Waals surface area contributed by atoms with Crippen molar-refractivity contribution in [2.24, 2.45) is 11.8 Å². The average molecular weight is 242 g/mol. The highest BCUT2D eigenvalue weighted by atomic mass is 16.4. The Kier molecular flexibility index (Phi) is 4.78. The van der Waals surface area contributed by atoms with Crippen LogP contribution in [0.5, 0.6) is 0 Å². The van der Waals surface area contributed by atoms with Gasteiger partial charge in [-0.3, -0.25) is 0 Å². The number of amides is 2. The lowest BCUT2D eigenvalue weighted by molar-refractivity contribution is -0.139. The van der Waals surface area contributed by atoms with Crippen LogP contribution in [0.3, 0.4) is 0 Å². The van der Waals surface area contributed by atoms with Gasteiger partial charge in [0.05, 0.1) is 0 Å². The van der Waals surface area contributed by atoms with Gasteiger partial charge >= 0.3 is 12.0 Å². The number of nitrogens with zero attached hydrogens (tertiary/aromatic N) is 1. The van der Waals surface area contributed by atoms with Crippen LogP contribution < -0.4 is 5.32 Å². The van der Waals surface area contributed by atoms with Crippen molar-refractivity contribution < 1.29 is 14.7 Å². The SMILES string of the molecule is CC(C)CC(NC(=O)N1CCC(C)C1)C(=O)O. The highest BCUT2D eigenvalue weighted by Gasteiger charge is 2.27. The molecule has 2 atom stereocenters. The summed E-state index contributed by atoms with van der Waals surface area (Å²) in [4.78, 5) is 24.6. The standard InChI is InChI=1S/C12H22N2O3/c1-8(2)6-10(11(15)16)13-12(17)14-5-4-9(3)7-14/h8-10H,4-7H2,1-3H3,(H,13,17)(H,15,16). The Morgan fingerprint density at radius 3 is 2.53 bits per heavy atom. The Balaban J connectivity index is 2.49. The molecule has 1 aliphatic heterocycles. The molecule has 0 radical (unpaired) electrons. The summed E-state index contributed by atoms with van der Waals surface area (Å²) >= 11 is 0. The number of carbonyl (C=O) groups excluding carboxylic acids is 1. The Bertz CT molecular complexity index is 291. The lowest BCUT2D eigenvalue weighted by Gasteiger charge is -2.21. The van der Waals surface area contributed by atoms with Gasteiger partial charge in [-0.05, 0) is 24.7 Å². The molecule has 1 fully saturated rings. The van der Waals surface area contributed by atoms with Crippen molar-refractivity contribution in [3.63, 3.8) is 0 Å². The van der Waals surface area contributed by atoms with E-state index in [1.54, 1.807) is 4.90 Å². The highest BCUT2D eigenvalue weighted by Crippen LogP contribution is 2.15. The third-order valence-electron chi connectivity index (χ3n) is 3.01. The van der Waals surface area contributed by atoms with Crippen LogP contribution in [0.4, 0.5) is 4.79 Å². The summed E-state index contributed by atoms with van der Waals surface area (Å²) < 4.78 is 0. The molecule has 98 valence electrons. The van der Waals surface area contributed by atoms with Crippen molar-refractivity contribution in [3.8, 4) is 0 Å². The maximum atomic E-state index is 11.8. The zero-order valence-electron chi connectivity index (χ0n) is 10.8. The first kappa shape index (κ1) is 13.8. The second-order valence-corrected chi connectivity index (χ2v) is 5.31. The van der Waals surface area contributed by atoms with E-state index in [1.165, 1.54) is 0 Å². The van der Waals surface area contributed by atoms with Gasteiger partial charge in [0, 0.05) is 13.1 Å². The third-order valence-corrected chi connectivity index (χ3v) is 3.01. The molecule has 1 saturated heterocycles. The summed E-state index contributed by atoms with van der Waals surface area (Å²) in [7, 11) is 0. The van der Waals surface area contributed by atoms with E-state index in [1.807, 2.05) is 13.8 Å². The maximum Gasteiger partial charge on any atom is 0.326 e. The van der Waals surface area contributed by atoms with Crippen LogP contribution >= 0.6 is 0 Å². The van der Waals surface area contributed by atoms with Gasteiger partial charge in [-0.25, -0.2) is 9.59 Å². The summed E-state index contributed by atoms with van der Waals surface area (Å²) in [6, 6.07) is -1.03. The molecule has 0 bridgehead atoms. The van der Waals surface area contributed by atoms with E-state index in [0.29, 0.717) is 12.3 Å². The number of aliphatic carboxylic acids is 1. The smallest absolute Gasteiger partial charge is 0.326 e. The summed E-state index contributed by atoms with van der Waals surface area (Å²) in [6.45, 7) is 7.43. The third kappa shape index (κ3) is 4.24. The molecule has 0 aromatic heterocycles. The van der Waals surface area contributed by atoms with Crippen LogP contribution in [0.1, 0.15) is 33.6 Å². The Labute approximate surface area is 102 Å². The van der Waals surface area contributed by atoms with E-state index >= 15 is 0 Å². The Morgan fingerprint density at radius 2 is 2.12 bits per heavy atom. The van der Waals surface area contributed by atoms with Crippen molar-refractivity contribution >= 4 is 12.0 Å². The molecular formula is C12H22N2O3. The van der Waals surface area contributed by atoms with Gasteiger partial charge in [0.2, 0.25) is 0 Å². The molecule has 1 rings (SSSR count). The van der Waals surface area contributed by atoms with Crippen molar-refractivity contribution in [2.45, 2.75) is 39.7 Å². The number of carbonyl (C=O) groups is 2. The normalized spacial score (nSPS) is 21.6. The van der Waals surface area contributed by atoms with Crippen molar-refractivity contribution in [3.05, 3.63) is 0 Å². The molecule has 5 nitrogen and oxygen atoms in total. The quantitative estimate of drug-likeness (QED) is 0.785. The largest absolute Gasteiger partial charge is 0.480 e. The monoisotopic (exact) mass is 242 g/mol. The molecule has 0 aromatic rings. The lowest BCUT2D eigenvalue weighted by Crippen LogP contribution is -2.47. The summed E-state index contributed by atoms with van der Waals surface area (Å²) in [5, 5.41) is 11.6. The topological polar surface area (TPSA) is 69.6 Å². The first-order chi connectivity index (χ1) is 7.90. The molecule has 0 aromatic carbocycles. The first-order valence-corrected chi connectivity index (χ1v) is 6.18. The van der Waals surface area contributed by atoms with Crippen LogP contribution in [-0.4, -0.2) is 41.1 Å². The zero-order chi connectivity index (χ0) is 13.0. The minimum atomic E-state index is -0.959. The number of rotatable bonds is 4. The molecule has 0 spiro atoms. The van der Waals surface area contributed by atoms with E-state index in [-0.39, 0.29) is 11.9 Å².